The van der Waals surface area contributed by atoms with Crippen molar-refractivity contribution in [3.05, 3.63) is 16.9 Å². The second-order valence-electron chi connectivity index (χ2n) is 4.30. The maximum absolute atomic E-state index is 6.10. The Hall–Kier alpha value is -0.540. The molecule has 1 aliphatic heterocycles. The third-order valence-corrected chi connectivity index (χ3v) is 3.38. The number of aryl methyl sites for hydroxylation is 1. The Bertz CT molecular complexity index is 313. The molecule has 0 radical (unpaired) electrons. The molecule has 2 unspecified atom stereocenters. The molecule has 0 spiro atoms. The number of hydrogen-bond acceptors (Lipinski definition) is 2. The molecule has 14 heavy (non-hydrogen) atoms. The van der Waals surface area contributed by atoms with Crippen LogP contribution >= 0.6 is 11.6 Å². The van der Waals surface area contributed by atoms with Crippen molar-refractivity contribution in [1.82, 2.24) is 15.1 Å². The number of halogens is 1. The van der Waals surface area contributed by atoms with Crippen LogP contribution in [0.4, 0.5) is 0 Å². The molecule has 2 atom stereocenters. The minimum atomic E-state index is 0.384. The van der Waals surface area contributed by atoms with Crippen LogP contribution in [0.3, 0.4) is 0 Å². The highest BCUT2D eigenvalue weighted by Gasteiger charge is 2.36. The molecule has 0 aromatic carbocycles. The predicted molar refractivity (Wildman–Crippen MR) is 57.3 cm³/mol. The van der Waals surface area contributed by atoms with Gasteiger partial charge in [0.05, 0.1) is 23.0 Å². The van der Waals surface area contributed by atoms with Gasteiger partial charge in [-0.05, 0) is 11.8 Å². The standard InChI is InChI=1S/C10H16ClN3/c1-6(2)7-4-12-9(7)10-8(11)5-13-14(10)3/h5-7,9,12H,4H2,1-3H3. The molecule has 0 amide bonds. The molecule has 1 saturated heterocycles. The predicted octanol–water partition coefficient (Wildman–Crippen LogP) is 1.99. The molecule has 2 heterocycles. The van der Waals surface area contributed by atoms with Gasteiger partial charge in [-0.3, -0.25) is 4.68 Å². The van der Waals surface area contributed by atoms with E-state index in [1.54, 1.807) is 6.20 Å². The molecule has 0 saturated carbocycles. The van der Waals surface area contributed by atoms with E-state index in [4.69, 9.17) is 11.6 Å². The maximum atomic E-state index is 6.10. The summed E-state index contributed by atoms with van der Waals surface area (Å²) >= 11 is 6.10. The van der Waals surface area contributed by atoms with Gasteiger partial charge < -0.3 is 5.32 Å². The first-order valence-electron chi connectivity index (χ1n) is 5.02. The highest BCUT2D eigenvalue weighted by molar-refractivity contribution is 6.31. The fourth-order valence-corrected chi connectivity index (χ4v) is 2.35. The Morgan fingerprint density at radius 3 is 2.71 bits per heavy atom. The summed E-state index contributed by atoms with van der Waals surface area (Å²) in [7, 11) is 1.94. The van der Waals surface area contributed by atoms with Crippen molar-refractivity contribution in [1.29, 1.82) is 0 Å². The van der Waals surface area contributed by atoms with Crippen LogP contribution in [0.5, 0.6) is 0 Å². The van der Waals surface area contributed by atoms with Crippen molar-refractivity contribution >= 4 is 11.6 Å². The van der Waals surface area contributed by atoms with Gasteiger partial charge in [0.1, 0.15) is 0 Å². The molecule has 0 bridgehead atoms. The number of rotatable bonds is 2. The van der Waals surface area contributed by atoms with Crippen LogP contribution in [0.25, 0.3) is 0 Å². The van der Waals surface area contributed by atoms with Gasteiger partial charge in [-0.15, -0.1) is 0 Å². The molecule has 1 N–H and O–H groups in total. The first-order valence-corrected chi connectivity index (χ1v) is 5.40. The van der Waals surface area contributed by atoms with Crippen molar-refractivity contribution < 1.29 is 0 Å². The number of nitrogens with zero attached hydrogens (tertiary/aromatic N) is 2. The Kier molecular flexibility index (Phi) is 2.54. The summed E-state index contributed by atoms with van der Waals surface area (Å²) in [6.45, 7) is 5.59. The van der Waals surface area contributed by atoms with Crippen molar-refractivity contribution in [3.63, 3.8) is 0 Å². The second kappa shape index (κ2) is 3.55. The van der Waals surface area contributed by atoms with Gasteiger partial charge in [0.15, 0.2) is 0 Å². The van der Waals surface area contributed by atoms with Crippen LogP contribution in [0.2, 0.25) is 5.02 Å². The second-order valence-corrected chi connectivity index (χ2v) is 4.70. The average molecular weight is 214 g/mol. The summed E-state index contributed by atoms with van der Waals surface area (Å²) in [5.41, 5.74) is 1.12. The first kappa shape index (κ1) is 9.99. The number of hydrogen-bond donors (Lipinski definition) is 1. The van der Waals surface area contributed by atoms with Gasteiger partial charge >= 0.3 is 0 Å². The molecule has 2 rings (SSSR count). The van der Waals surface area contributed by atoms with Gasteiger partial charge in [-0.1, -0.05) is 25.4 Å². The molecular weight excluding hydrogens is 198 g/mol. The largest absolute Gasteiger partial charge is 0.308 e. The summed E-state index contributed by atoms with van der Waals surface area (Å²) in [5.74, 6) is 1.37. The minimum Gasteiger partial charge on any atom is -0.308 e. The fourth-order valence-electron chi connectivity index (χ4n) is 2.06. The van der Waals surface area contributed by atoms with Crippen LogP contribution < -0.4 is 5.32 Å². The van der Waals surface area contributed by atoms with E-state index in [1.807, 2.05) is 11.7 Å². The molecule has 1 fully saturated rings. The van der Waals surface area contributed by atoms with Crippen LogP contribution in [-0.2, 0) is 7.05 Å². The lowest BCUT2D eigenvalue weighted by Crippen LogP contribution is -2.49. The summed E-state index contributed by atoms with van der Waals surface area (Å²) in [5, 5.41) is 8.35. The Labute approximate surface area is 89.4 Å². The zero-order valence-corrected chi connectivity index (χ0v) is 9.54. The van der Waals surface area contributed by atoms with Crippen LogP contribution in [0, 0.1) is 11.8 Å². The molecule has 1 aromatic rings. The van der Waals surface area contributed by atoms with Crippen LogP contribution in [0.15, 0.2) is 6.20 Å². The van der Waals surface area contributed by atoms with Gasteiger partial charge in [-0.2, -0.15) is 5.10 Å². The quantitative estimate of drug-likeness (QED) is 0.815. The summed E-state index contributed by atoms with van der Waals surface area (Å²) in [6, 6.07) is 0.384. The van der Waals surface area contributed by atoms with Crippen molar-refractivity contribution in [3.8, 4) is 0 Å². The van der Waals surface area contributed by atoms with E-state index in [9.17, 15) is 0 Å². The summed E-state index contributed by atoms with van der Waals surface area (Å²) in [6.07, 6.45) is 1.72. The van der Waals surface area contributed by atoms with Gasteiger partial charge in [0, 0.05) is 13.6 Å². The zero-order valence-electron chi connectivity index (χ0n) is 8.79. The lowest BCUT2D eigenvalue weighted by atomic mass is 9.80. The number of aromatic nitrogens is 2. The van der Waals surface area contributed by atoms with E-state index in [0.29, 0.717) is 17.9 Å². The topological polar surface area (TPSA) is 29.9 Å². The Balaban J connectivity index is 2.24. The molecule has 4 heteroatoms. The normalized spacial score (nSPS) is 26.6. The van der Waals surface area contributed by atoms with Crippen LogP contribution in [0.1, 0.15) is 25.6 Å². The SMILES string of the molecule is CC(C)C1CNC1c1c(Cl)cnn1C. The molecule has 1 aromatic heterocycles. The van der Waals surface area contributed by atoms with E-state index in [-0.39, 0.29) is 0 Å². The summed E-state index contributed by atoms with van der Waals surface area (Å²) < 4.78 is 1.87. The zero-order chi connectivity index (χ0) is 10.3. The van der Waals surface area contributed by atoms with Crippen LogP contribution in [-0.4, -0.2) is 16.3 Å². The van der Waals surface area contributed by atoms with E-state index >= 15 is 0 Å². The molecule has 1 aliphatic rings. The van der Waals surface area contributed by atoms with Gasteiger partial charge in [0.25, 0.3) is 0 Å². The van der Waals surface area contributed by atoms with Crippen molar-refractivity contribution in [2.45, 2.75) is 19.9 Å². The van der Waals surface area contributed by atoms with E-state index < -0.39 is 0 Å². The first-order chi connectivity index (χ1) is 6.61. The van der Waals surface area contributed by atoms with Crippen molar-refractivity contribution in [2.24, 2.45) is 18.9 Å². The smallest absolute Gasteiger partial charge is 0.0834 e. The lowest BCUT2D eigenvalue weighted by Gasteiger charge is -2.41. The summed E-state index contributed by atoms with van der Waals surface area (Å²) in [4.78, 5) is 0. The third-order valence-electron chi connectivity index (χ3n) is 3.09. The highest BCUT2D eigenvalue weighted by atomic mass is 35.5. The van der Waals surface area contributed by atoms with E-state index in [1.165, 1.54) is 0 Å². The molecule has 78 valence electrons. The van der Waals surface area contributed by atoms with Crippen molar-refractivity contribution in [2.75, 3.05) is 6.54 Å². The lowest BCUT2D eigenvalue weighted by molar-refractivity contribution is 0.166. The Morgan fingerprint density at radius 2 is 2.36 bits per heavy atom. The van der Waals surface area contributed by atoms with E-state index in [0.717, 1.165) is 17.3 Å². The minimum absolute atomic E-state index is 0.384. The number of nitrogens with one attached hydrogen (secondary N) is 1. The molecule has 0 aliphatic carbocycles. The van der Waals surface area contributed by atoms with Gasteiger partial charge in [-0.25, -0.2) is 0 Å². The fraction of sp³-hybridized carbons (Fsp3) is 0.700. The average Bonchev–Trinajstić information content (AvgIpc) is 2.33. The highest BCUT2D eigenvalue weighted by Crippen LogP contribution is 2.37. The molecular formula is C10H16ClN3. The monoisotopic (exact) mass is 213 g/mol. The molecule has 3 nitrogen and oxygen atoms in total. The van der Waals surface area contributed by atoms with E-state index in [2.05, 4.69) is 24.3 Å². The van der Waals surface area contributed by atoms with Gasteiger partial charge in [0.2, 0.25) is 0 Å². The Morgan fingerprint density at radius 1 is 1.64 bits per heavy atom. The third kappa shape index (κ3) is 1.44. The maximum Gasteiger partial charge on any atom is 0.0834 e.